The molecule has 1 rings (SSSR count). The van der Waals surface area contributed by atoms with Gasteiger partial charge in [-0.3, -0.25) is 0 Å². The first-order chi connectivity index (χ1) is 8.69. The minimum atomic E-state index is -0.429. The molecule has 5 nitrogen and oxygen atoms in total. The Kier molecular flexibility index (Phi) is 6.00. The molecule has 0 aliphatic rings. The predicted octanol–water partition coefficient (Wildman–Crippen LogP) is 1.86. The third-order valence-electron chi connectivity index (χ3n) is 2.41. The molecule has 2 N–H and O–H groups in total. The molecule has 0 saturated heterocycles. The molecule has 0 radical (unpaired) electrons. The lowest BCUT2D eigenvalue weighted by molar-refractivity contribution is 0.0596. The average molecular weight is 253 g/mol. The van der Waals surface area contributed by atoms with Gasteiger partial charge in [0.15, 0.2) is 0 Å². The van der Waals surface area contributed by atoms with Crippen LogP contribution in [0.3, 0.4) is 0 Å². The lowest BCUT2D eigenvalue weighted by Crippen LogP contribution is -2.07. The fourth-order valence-electron chi connectivity index (χ4n) is 1.47. The highest BCUT2D eigenvalue weighted by Crippen LogP contribution is 2.22. The third-order valence-corrected chi connectivity index (χ3v) is 2.41. The van der Waals surface area contributed by atoms with Crippen LogP contribution in [0.1, 0.15) is 23.2 Å². The number of hydrogen-bond acceptors (Lipinski definition) is 5. The van der Waals surface area contributed by atoms with E-state index in [9.17, 15) is 4.79 Å². The number of anilines is 1. The lowest BCUT2D eigenvalue weighted by Gasteiger charge is -2.10. The molecule has 0 heterocycles. The molecule has 18 heavy (non-hydrogen) atoms. The van der Waals surface area contributed by atoms with Crippen LogP contribution in [0.2, 0.25) is 0 Å². The van der Waals surface area contributed by atoms with Gasteiger partial charge in [0.1, 0.15) is 11.3 Å². The molecule has 0 spiro atoms. The first-order valence-electron chi connectivity index (χ1n) is 5.78. The van der Waals surface area contributed by atoms with Crippen molar-refractivity contribution in [3.63, 3.8) is 0 Å². The van der Waals surface area contributed by atoms with E-state index in [1.807, 2.05) is 0 Å². The van der Waals surface area contributed by atoms with Crippen LogP contribution < -0.4 is 10.5 Å². The van der Waals surface area contributed by atoms with Crippen LogP contribution in [0.5, 0.6) is 5.75 Å². The summed E-state index contributed by atoms with van der Waals surface area (Å²) in [6.07, 6.45) is 1.76. The van der Waals surface area contributed by atoms with E-state index in [1.165, 1.54) is 7.11 Å². The van der Waals surface area contributed by atoms with Crippen LogP contribution in [0.25, 0.3) is 0 Å². The van der Waals surface area contributed by atoms with Gasteiger partial charge in [-0.05, 0) is 25.0 Å². The molecule has 0 bridgehead atoms. The summed E-state index contributed by atoms with van der Waals surface area (Å²) in [6, 6.07) is 4.87. The first-order valence-corrected chi connectivity index (χ1v) is 5.78. The van der Waals surface area contributed by atoms with Crippen molar-refractivity contribution in [2.75, 3.05) is 33.2 Å². The van der Waals surface area contributed by atoms with Gasteiger partial charge < -0.3 is 19.9 Å². The predicted molar refractivity (Wildman–Crippen MR) is 68.8 cm³/mol. The van der Waals surface area contributed by atoms with Crippen molar-refractivity contribution in [3.8, 4) is 5.75 Å². The Hall–Kier alpha value is -1.75. The molecular weight excluding hydrogens is 234 g/mol. The molecule has 0 atom stereocenters. The standard InChI is InChI=1S/C13H19NO4/c1-16-7-3-4-8-18-12-9-10(14)5-6-11(12)13(15)17-2/h5-6,9H,3-4,7-8,14H2,1-2H3. The third kappa shape index (κ3) is 4.25. The number of carbonyl (C=O) groups excluding carboxylic acids is 1. The molecule has 0 saturated carbocycles. The van der Waals surface area contributed by atoms with Crippen molar-refractivity contribution in [2.45, 2.75) is 12.8 Å². The molecule has 0 aliphatic carbocycles. The zero-order chi connectivity index (χ0) is 13.4. The maximum Gasteiger partial charge on any atom is 0.341 e. The second-order valence-electron chi connectivity index (χ2n) is 3.80. The molecule has 0 fully saturated rings. The number of esters is 1. The normalized spacial score (nSPS) is 10.1. The zero-order valence-corrected chi connectivity index (χ0v) is 10.8. The van der Waals surface area contributed by atoms with E-state index in [0.29, 0.717) is 30.2 Å². The average Bonchev–Trinajstić information content (AvgIpc) is 2.38. The van der Waals surface area contributed by atoms with Crippen molar-refractivity contribution in [3.05, 3.63) is 23.8 Å². The van der Waals surface area contributed by atoms with E-state index >= 15 is 0 Å². The van der Waals surface area contributed by atoms with Crippen LogP contribution in [-0.4, -0.2) is 33.4 Å². The molecule has 0 aromatic heterocycles. The van der Waals surface area contributed by atoms with Crippen molar-refractivity contribution in [2.24, 2.45) is 0 Å². The number of unbranched alkanes of at least 4 members (excludes halogenated alkanes) is 1. The van der Waals surface area contributed by atoms with Crippen molar-refractivity contribution >= 4 is 11.7 Å². The number of benzene rings is 1. The van der Waals surface area contributed by atoms with E-state index in [1.54, 1.807) is 25.3 Å². The van der Waals surface area contributed by atoms with Crippen LogP contribution in [-0.2, 0) is 9.47 Å². The van der Waals surface area contributed by atoms with Gasteiger partial charge in [-0.25, -0.2) is 4.79 Å². The van der Waals surface area contributed by atoms with Crippen molar-refractivity contribution in [1.82, 2.24) is 0 Å². The second kappa shape index (κ2) is 7.55. The van der Waals surface area contributed by atoms with Crippen LogP contribution in [0.15, 0.2) is 18.2 Å². The fraction of sp³-hybridized carbons (Fsp3) is 0.462. The summed E-state index contributed by atoms with van der Waals surface area (Å²) in [4.78, 5) is 11.5. The minimum absolute atomic E-state index is 0.387. The lowest BCUT2D eigenvalue weighted by atomic mass is 10.2. The highest BCUT2D eigenvalue weighted by Gasteiger charge is 2.13. The van der Waals surface area contributed by atoms with Crippen molar-refractivity contribution < 1.29 is 19.0 Å². The molecule has 5 heteroatoms. The summed E-state index contributed by atoms with van der Waals surface area (Å²) in [5.74, 6) is 0.0289. The Morgan fingerprint density at radius 1 is 1.22 bits per heavy atom. The quantitative estimate of drug-likeness (QED) is 0.456. The molecule has 0 amide bonds. The highest BCUT2D eigenvalue weighted by molar-refractivity contribution is 5.93. The number of hydrogen-bond donors (Lipinski definition) is 1. The maximum absolute atomic E-state index is 11.5. The Labute approximate surface area is 107 Å². The van der Waals surface area contributed by atoms with Gasteiger partial charge in [0, 0.05) is 25.5 Å². The summed E-state index contributed by atoms with van der Waals surface area (Å²) in [7, 11) is 3.00. The van der Waals surface area contributed by atoms with Gasteiger partial charge in [0.05, 0.1) is 13.7 Å². The number of carbonyl (C=O) groups is 1. The summed E-state index contributed by atoms with van der Waals surface area (Å²) >= 11 is 0. The summed E-state index contributed by atoms with van der Waals surface area (Å²) in [5.41, 5.74) is 6.61. The Balaban J connectivity index is 2.62. The number of methoxy groups -OCH3 is 2. The Morgan fingerprint density at radius 3 is 2.61 bits per heavy atom. The number of nitrogen functional groups attached to an aromatic ring is 1. The number of nitrogens with two attached hydrogens (primary N) is 1. The van der Waals surface area contributed by atoms with Gasteiger partial charge >= 0.3 is 5.97 Å². The van der Waals surface area contributed by atoms with Gasteiger partial charge in [-0.15, -0.1) is 0 Å². The topological polar surface area (TPSA) is 70.8 Å². The number of ether oxygens (including phenoxy) is 3. The molecular formula is C13H19NO4. The second-order valence-corrected chi connectivity index (χ2v) is 3.80. The van der Waals surface area contributed by atoms with Crippen molar-refractivity contribution in [1.29, 1.82) is 0 Å². The van der Waals surface area contributed by atoms with E-state index in [0.717, 1.165) is 12.8 Å². The van der Waals surface area contributed by atoms with Crippen LogP contribution in [0, 0.1) is 0 Å². The van der Waals surface area contributed by atoms with E-state index < -0.39 is 5.97 Å². The fourth-order valence-corrected chi connectivity index (χ4v) is 1.47. The Bertz CT molecular complexity index is 393. The smallest absolute Gasteiger partial charge is 0.341 e. The summed E-state index contributed by atoms with van der Waals surface area (Å²) in [6.45, 7) is 1.21. The van der Waals surface area contributed by atoms with Crippen LogP contribution in [0.4, 0.5) is 5.69 Å². The van der Waals surface area contributed by atoms with Gasteiger partial charge in [0.2, 0.25) is 0 Å². The highest BCUT2D eigenvalue weighted by atomic mass is 16.5. The molecule has 1 aromatic carbocycles. The van der Waals surface area contributed by atoms with Gasteiger partial charge in [-0.2, -0.15) is 0 Å². The molecule has 1 aromatic rings. The number of rotatable bonds is 7. The molecule has 0 unspecified atom stereocenters. The largest absolute Gasteiger partial charge is 0.493 e. The minimum Gasteiger partial charge on any atom is -0.493 e. The Morgan fingerprint density at radius 2 is 1.94 bits per heavy atom. The van der Waals surface area contributed by atoms with E-state index in [-0.39, 0.29) is 0 Å². The van der Waals surface area contributed by atoms with Gasteiger partial charge in [0.25, 0.3) is 0 Å². The summed E-state index contributed by atoms with van der Waals surface area (Å²) in [5, 5.41) is 0. The molecule has 100 valence electrons. The van der Waals surface area contributed by atoms with Gasteiger partial charge in [-0.1, -0.05) is 0 Å². The molecule has 0 aliphatic heterocycles. The van der Waals surface area contributed by atoms with E-state index in [2.05, 4.69) is 4.74 Å². The maximum atomic E-state index is 11.5. The summed E-state index contributed by atoms with van der Waals surface area (Å²) < 4.78 is 15.2. The monoisotopic (exact) mass is 253 g/mol. The SMILES string of the molecule is COCCCCOc1cc(N)ccc1C(=O)OC. The van der Waals surface area contributed by atoms with E-state index in [4.69, 9.17) is 15.2 Å². The first kappa shape index (κ1) is 14.3. The van der Waals surface area contributed by atoms with Crippen LogP contribution >= 0.6 is 0 Å². The zero-order valence-electron chi connectivity index (χ0n) is 10.8.